The molecule has 92 valence electrons. The summed E-state index contributed by atoms with van der Waals surface area (Å²) in [5.41, 5.74) is 4.45. The molecule has 0 spiro atoms. The van der Waals surface area contributed by atoms with Gasteiger partial charge in [-0.2, -0.15) is 5.10 Å². The molecule has 0 aromatic heterocycles. The molecular weight excluding hydrogens is 220 g/mol. The van der Waals surface area contributed by atoms with Crippen molar-refractivity contribution in [2.24, 2.45) is 5.10 Å². The molecule has 0 atom stereocenters. The quantitative estimate of drug-likeness (QED) is 0.587. The summed E-state index contributed by atoms with van der Waals surface area (Å²) in [5.74, 6) is -0.0360. The van der Waals surface area contributed by atoms with Crippen molar-refractivity contribution >= 4 is 17.4 Å². The molecule has 0 unspecified atom stereocenters. The molecule has 0 bridgehead atoms. The van der Waals surface area contributed by atoms with Crippen LogP contribution in [0.1, 0.15) is 19.8 Å². The minimum atomic E-state index is -0.816. The van der Waals surface area contributed by atoms with Gasteiger partial charge in [0.25, 0.3) is 0 Å². The Morgan fingerprint density at radius 2 is 2.00 bits per heavy atom. The standard InChI is InChI=1S/C12H16N2O3/c1-9(3-8-12(15)16)13-14-10-4-6-11(17-2)7-5-10/h4-7,14H,3,8H2,1-2H3,(H,15,16)/b13-9+. The molecule has 0 saturated heterocycles. The number of aliphatic carboxylic acids is 1. The van der Waals surface area contributed by atoms with Gasteiger partial charge in [-0.15, -0.1) is 0 Å². The maximum absolute atomic E-state index is 10.4. The molecule has 0 saturated carbocycles. The zero-order valence-corrected chi connectivity index (χ0v) is 9.93. The minimum absolute atomic E-state index is 0.0969. The highest BCUT2D eigenvalue weighted by Gasteiger charge is 1.99. The SMILES string of the molecule is COc1ccc(N/N=C(\C)CCC(=O)O)cc1. The molecule has 1 rings (SSSR count). The van der Waals surface area contributed by atoms with Gasteiger partial charge in [0, 0.05) is 5.71 Å². The number of benzene rings is 1. The van der Waals surface area contributed by atoms with E-state index in [2.05, 4.69) is 10.5 Å². The van der Waals surface area contributed by atoms with Gasteiger partial charge in [0.1, 0.15) is 5.75 Å². The number of carboxylic acids is 1. The van der Waals surface area contributed by atoms with E-state index in [9.17, 15) is 4.79 Å². The molecule has 0 amide bonds. The summed E-state index contributed by atoms with van der Waals surface area (Å²) in [7, 11) is 1.61. The Morgan fingerprint density at radius 3 is 2.53 bits per heavy atom. The average molecular weight is 236 g/mol. The van der Waals surface area contributed by atoms with Crippen molar-refractivity contribution in [1.82, 2.24) is 0 Å². The normalized spacial score (nSPS) is 11.1. The van der Waals surface area contributed by atoms with E-state index >= 15 is 0 Å². The van der Waals surface area contributed by atoms with E-state index in [1.807, 2.05) is 24.3 Å². The molecular formula is C12H16N2O3. The monoisotopic (exact) mass is 236 g/mol. The highest BCUT2D eigenvalue weighted by atomic mass is 16.5. The Morgan fingerprint density at radius 1 is 1.35 bits per heavy atom. The molecule has 5 nitrogen and oxygen atoms in total. The van der Waals surface area contributed by atoms with Gasteiger partial charge in [-0.3, -0.25) is 10.2 Å². The summed E-state index contributed by atoms with van der Waals surface area (Å²) in [6.45, 7) is 1.79. The van der Waals surface area contributed by atoms with Gasteiger partial charge in [-0.25, -0.2) is 0 Å². The molecule has 0 aliphatic rings. The minimum Gasteiger partial charge on any atom is -0.497 e. The van der Waals surface area contributed by atoms with E-state index in [1.54, 1.807) is 14.0 Å². The Labute approximate surface area is 100 Å². The van der Waals surface area contributed by atoms with E-state index in [0.29, 0.717) is 6.42 Å². The third kappa shape index (κ3) is 5.01. The summed E-state index contributed by atoms with van der Waals surface area (Å²) in [6.07, 6.45) is 0.540. The summed E-state index contributed by atoms with van der Waals surface area (Å²) >= 11 is 0. The lowest BCUT2D eigenvalue weighted by Gasteiger charge is -2.04. The predicted molar refractivity (Wildman–Crippen MR) is 66.6 cm³/mol. The van der Waals surface area contributed by atoms with Crippen LogP contribution >= 0.6 is 0 Å². The molecule has 17 heavy (non-hydrogen) atoms. The smallest absolute Gasteiger partial charge is 0.303 e. The number of hydrogen-bond donors (Lipinski definition) is 2. The molecule has 0 radical (unpaired) electrons. The van der Waals surface area contributed by atoms with Crippen molar-refractivity contribution in [1.29, 1.82) is 0 Å². The highest BCUT2D eigenvalue weighted by Crippen LogP contribution is 2.14. The molecule has 5 heteroatoms. The maximum atomic E-state index is 10.4. The largest absolute Gasteiger partial charge is 0.497 e. The summed E-state index contributed by atoms with van der Waals surface area (Å²) in [4.78, 5) is 10.4. The van der Waals surface area contributed by atoms with Crippen molar-refractivity contribution in [3.63, 3.8) is 0 Å². The second kappa shape index (κ2) is 6.52. The first kappa shape index (κ1) is 13.0. The second-order valence-electron chi connectivity index (χ2n) is 3.58. The van der Waals surface area contributed by atoms with Crippen molar-refractivity contribution in [3.05, 3.63) is 24.3 Å². The topological polar surface area (TPSA) is 70.9 Å². The summed E-state index contributed by atoms with van der Waals surface area (Å²) in [6, 6.07) is 7.33. The second-order valence-corrected chi connectivity index (χ2v) is 3.58. The third-order valence-corrected chi connectivity index (χ3v) is 2.17. The zero-order chi connectivity index (χ0) is 12.7. The first-order valence-electron chi connectivity index (χ1n) is 5.27. The Kier molecular flexibility index (Phi) is 5.00. The van der Waals surface area contributed by atoms with Crippen LogP contribution in [0.5, 0.6) is 5.75 Å². The molecule has 1 aromatic carbocycles. The maximum Gasteiger partial charge on any atom is 0.303 e. The van der Waals surface area contributed by atoms with E-state index in [1.165, 1.54) is 0 Å². The number of anilines is 1. The number of hydrazone groups is 1. The third-order valence-electron chi connectivity index (χ3n) is 2.17. The van der Waals surface area contributed by atoms with Crippen LogP contribution in [0.25, 0.3) is 0 Å². The lowest BCUT2D eigenvalue weighted by atomic mass is 10.2. The lowest BCUT2D eigenvalue weighted by Crippen LogP contribution is -2.02. The Bertz CT molecular complexity index is 399. The predicted octanol–water partition coefficient (Wildman–Crippen LogP) is 2.35. The van der Waals surface area contributed by atoms with Gasteiger partial charge >= 0.3 is 5.97 Å². The number of rotatable bonds is 6. The van der Waals surface area contributed by atoms with Crippen molar-refractivity contribution in [3.8, 4) is 5.75 Å². The number of carbonyl (C=O) groups is 1. The van der Waals surface area contributed by atoms with Gasteiger partial charge in [0.15, 0.2) is 0 Å². The molecule has 2 N–H and O–H groups in total. The number of methoxy groups -OCH3 is 1. The highest BCUT2D eigenvalue weighted by molar-refractivity contribution is 5.85. The van der Waals surface area contributed by atoms with Crippen molar-refractivity contribution < 1.29 is 14.6 Å². The van der Waals surface area contributed by atoms with Gasteiger partial charge in [0.05, 0.1) is 19.2 Å². The fourth-order valence-electron chi connectivity index (χ4n) is 1.17. The van der Waals surface area contributed by atoms with Gasteiger partial charge < -0.3 is 9.84 Å². The molecule has 0 heterocycles. The van der Waals surface area contributed by atoms with E-state index in [0.717, 1.165) is 17.1 Å². The zero-order valence-electron chi connectivity index (χ0n) is 9.93. The fraction of sp³-hybridized carbons (Fsp3) is 0.333. The van der Waals surface area contributed by atoms with Crippen molar-refractivity contribution in [2.45, 2.75) is 19.8 Å². The number of ether oxygens (including phenoxy) is 1. The molecule has 1 aromatic rings. The first-order chi connectivity index (χ1) is 8.11. The Hall–Kier alpha value is -2.04. The van der Waals surface area contributed by atoms with Crippen LogP contribution in [0.2, 0.25) is 0 Å². The van der Waals surface area contributed by atoms with Gasteiger partial charge in [0.2, 0.25) is 0 Å². The van der Waals surface area contributed by atoms with Crippen LogP contribution in [-0.2, 0) is 4.79 Å². The van der Waals surface area contributed by atoms with Crippen LogP contribution in [0, 0.1) is 0 Å². The summed E-state index contributed by atoms with van der Waals surface area (Å²) in [5, 5.41) is 12.6. The van der Waals surface area contributed by atoms with Crippen LogP contribution in [0.4, 0.5) is 5.69 Å². The number of hydrogen-bond acceptors (Lipinski definition) is 4. The van der Waals surface area contributed by atoms with E-state index in [4.69, 9.17) is 9.84 Å². The molecule has 0 fully saturated rings. The van der Waals surface area contributed by atoms with Crippen LogP contribution in [-0.4, -0.2) is 23.9 Å². The van der Waals surface area contributed by atoms with E-state index < -0.39 is 5.97 Å². The Balaban J connectivity index is 2.47. The molecule has 0 aliphatic carbocycles. The number of nitrogens with zero attached hydrogens (tertiary/aromatic N) is 1. The first-order valence-corrected chi connectivity index (χ1v) is 5.27. The van der Waals surface area contributed by atoms with Crippen LogP contribution in [0.15, 0.2) is 29.4 Å². The lowest BCUT2D eigenvalue weighted by molar-refractivity contribution is -0.136. The van der Waals surface area contributed by atoms with Gasteiger partial charge in [-0.1, -0.05) is 0 Å². The van der Waals surface area contributed by atoms with Crippen LogP contribution in [0.3, 0.4) is 0 Å². The molecule has 0 aliphatic heterocycles. The van der Waals surface area contributed by atoms with Crippen molar-refractivity contribution in [2.75, 3.05) is 12.5 Å². The van der Waals surface area contributed by atoms with Crippen LogP contribution < -0.4 is 10.2 Å². The fourth-order valence-corrected chi connectivity index (χ4v) is 1.17. The summed E-state index contributed by atoms with van der Waals surface area (Å²) < 4.78 is 5.03. The van der Waals surface area contributed by atoms with Gasteiger partial charge in [-0.05, 0) is 37.6 Å². The van der Waals surface area contributed by atoms with E-state index in [-0.39, 0.29) is 6.42 Å². The number of carboxylic acid groups (broad SMARTS) is 1. The average Bonchev–Trinajstić information content (AvgIpc) is 2.34. The number of nitrogens with one attached hydrogen (secondary N) is 1.